The van der Waals surface area contributed by atoms with Gasteiger partial charge in [0.05, 0.1) is 15.5 Å². The van der Waals surface area contributed by atoms with Gasteiger partial charge < -0.3 is 5.32 Å². The molecule has 0 unspecified atom stereocenters. The van der Waals surface area contributed by atoms with Gasteiger partial charge >= 0.3 is 0 Å². The van der Waals surface area contributed by atoms with E-state index in [1.54, 1.807) is 12.1 Å². The van der Waals surface area contributed by atoms with Crippen LogP contribution >= 0.6 is 23.2 Å². The Labute approximate surface area is 164 Å². The van der Waals surface area contributed by atoms with Gasteiger partial charge in [-0.15, -0.1) is 0 Å². The van der Waals surface area contributed by atoms with Crippen LogP contribution in [-0.4, -0.2) is 38.8 Å². The summed E-state index contributed by atoms with van der Waals surface area (Å²) in [6, 6.07) is 11.3. The van der Waals surface area contributed by atoms with E-state index in [1.165, 1.54) is 32.3 Å². The Bertz CT molecular complexity index is 897. The van der Waals surface area contributed by atoms with Gasteiger partial charge in [-0.1, -0.05) is 35.3 Å². The molecule has 2 aromatic carbocycles. The van der Waals surface area contributed by atoms with Crippen LogP contribution in [-0.2, 0) is 16.4 Å². The molecule has 2 aromatic rings. The third-order valence-corrected chi connectivity index (χ3v) is 6.19. The molecule has 0 bridgehead atoms. The number of hydrogen-bond donors (Lipinski definition) is 1. The molecule has 1 N–H and O–H groups in total. The molecule has 26 heavy (non-hydrogen) atoms. The minimum Gasteiger partial charge on any atom is -0.349 e. The van der Waals surface area contributed by atoms with Crippen LogP contribution in [0.5, 0.6) is 0 Å². The van der Waals surface area contributed by atoms with Gasteiger partial charge in [-0.05, 0) is 49.2 Å². The first-order valence-electron chi connectivity index (χ1n) is 7.88. The Morgan fingerprint density at radius 1 is 1.12 bits per heavy atom. The molecule has 0 saturated carbocycles. The highest BCUT2D eigenvalue weighted by atomic mass is 35.5. The lowest BCUT2D eigenvalue weighted by atomic mass is 10.1. The first-order valence-corrected chi connectivity index (χ1v) is 10.1. The molecule has 0 aromatic heterocycles. The SMILES string of the molecule is C[C@@H](Cc1ccc(Cl)cc1)NC(=O)c1cc(S(=O)(=O)N(C)C)ccc1Cl. The van der Waals surface area contributed by atoms with E-state index in [9.17, 15) is 13.2 Å². The molecule has 5 nitrogen and oxygen atoms in total. The topological polar surface area (TPSA) is 66.5 Å². The zero-order valence-electron chi connectivity index (χ0n) is 14.7. The number of nitrogens with zero attached hydrogens (tertiary/aromatic N) is 1. The van der Waals surface area contributed by atoms with Crippen LogP contribution in [0.4, 0.5) is 0 Å². The molecule has 0 saturated heterocycles. The number of hydrogen-bond acceptors (Lipinski definition) is 3. The summed E-state index contributed by atoms with van der Waals surface area (Å²) in [7, 11) is -0.792. The number of carbonyl (C=O) groups is 1. The van der Waals surface area contributed by atoms with E-state index in [4.69, 9.17) is 23.2 Å². The Hall–Kier alpha value is -1.60. The van der Waals surface area contributed by atoms with Gasteiger partial charge in [0, 0.05) is 25.2 Å². The highest BCUT2D eigenvalue weighted by molar-refractivity contribution is 7.89. The first-order chi connectivity index (χ1) is 12.1. The van der Waals surface area contributed by atoms with Crippen LogP contribution in [0.25, 0.3) is 0 Å². The zero-order valence-corrected chi connectivity index (χ0v) is 17.0. The van der Waals surface area contributed by atoms with E-state index in [2.05, 4.69) is 5.32 Å². The molecule has 0 aliphatic rings. The number of sulfonamides is 1. The van der Waals surface area contributed by atoms with Gasteiger partial charge in [-0.2, -0.15) is 0 Å². The van der Waals surface area contributed by atoms with Crippen molar-refractivity contribution < 1.29 is 13.2 Å². The molecule has 0 heterocycles. The third-order valence-electron chi connectivity index (χ3n) is 3.79. The van der Waals surface area contributed by atoms with Gasteiger partial charge in [0.1, 0.15) is 0 Å². The summed E-state index contributed by atoms with van der Waals surface area (Å²) in [5.41, 5.74) is 1.15. The molecule has 0 radical (unpaired) electrons. The third kappa shape index (κ3) is 4.98. The molecule has 1 amide bonds. The van der Waals surface area contributed by atoms with Gasteiger partial charge in [-0.3, -0.25) is 4.79 Å². The van der Waals surface area contributed by atoms with Crippen molar-refractivity contribution in [2.75, 3.05) is 14.1 Å². The summed E-state index contributed by atoms with van der Waals surface area (Å²) in [6.45, 7) is 1.86. The van der Waals surface area contributed by atoms with E-state index >= 15 is 0 Å². The van der Waals surface area contributed by atoms with E-state index in [0.717, 1.165) is 9.87 Å². The molecule has 1 atom stereocenters. The van der Waals surface area contributed by atoms with Crippen LogP contribution in [0.3, 0.4) is 0 Å². The quantitative estimate of drug-likeness (QED) is 0.784. The number of amides is 1. The van der Waals surface area contributed by atoms with Crippen molar-refractivity contribution in [3.63, 3.8) is 0 Å². The van der Waals surface area contributed by atoms with E-state index < -0.39 is 15.9 Å². The van der Waals surface area contributed by atoms with Crippen molar-refractivity contribution in [2.24, 2.45) is 0 Å². The average molecular weight is 415 g/mol. The Balaban J connectivity index is 2.17. The van der Waals surface area contributed by atoms with Crippen molar-refractivity contribution >= 4 is 39.1 Å². The van der Waals surface area contributed by atoms with Crippen molar-refractivity contribution in [2.45, 2.75) is 24.3 Å². The summed E-state index contributed by atoms with van der Waals surface area (Å²) < 4.78 is 25.6. The van der Waals surface area contributed by atoms with Gasteiger partial charge in [0.15, 0.2) is 0 Å². The minimum atomic E-state index is -3.65. The maximum Gasteiger partial charge on any atom is 0.253 e. The lowest BCUT2D eigenvalue weighted by Gasteiger charge is -2.16. The second-order valence-corrected chi connectivity index (χ2v) is 9.13. The maximum atomic E-state index is 12.5. The molecule has 0 aliphatic carbocycles. The molecule has 0 aliphatic heterocycles. The van der Waals surface area contributed by atoms with Gasteiger partial charge in [-0.25, -0.2) is 12.7 Å². The normalized spacial score (nSPS) is 12.8. The number of nitrogens with one attached hydrogen (secondary N) is 1. The number of benzene rings is 2. The highest BCUT2D eigenvalue weighted by Gasteiger charge is 2.21. The lowest BCUT2D eigenvalue weighted by Crippen LogP contribution is -2.34. The van der Waals surface area contributed by atoms with Crippen molar-refractivity contribution in [1.29, 1.82) is 0 Å². The smallest absolute Gasteiger partial charge is 0.253 e. The Morgan fingerprint density at radius 3 is 2.31 bits per heavy atom. The van der Waals surface area contributed by atoms with Crippen molar-refractivity contribution in [3.8, 4) is 0 Å². The number of halogens is 2. The lowest BCUT2D eigenvalue weighted by molar-refractivity contribution is 0.0940. The minimum absolute atomic E-state index is 0.0161. The monoisotopic (exact) mass is 414 g/mol. The predicted molar refractivity (Wildman–Crippen MR) is 104 cm³/mol. The molecule has 0 spiro atoms. The van der Waals surface area contributed by atoms with Crippen LogP contribution in [0.15, 0.2) is 47.4 Å². The zero-order chi connectivity index (χ0) is 19.5. The number of carbonyl (C=O) groups excluding carboxylic acids is 1. The molecule has 0 fully saturated rings. The number of rotatable bonds is 6. The molecule has 2 rings (SSSR count). The molecule has 8 heteroatoms. The predicted octanol–water partition coefficient (Wildman–Crippen LogP) is 3.60. The fourth-order valence-electron chi connectivity index (χ4n) is 2.38. The van der Waals surface area contributed by atoms with E-state index in [-0.39, 0.29) is 21.5 Å². The Morgan fingerprint density at radius 2 is 1.73 bits per heavy atom. The van der Waals surface area contributed by atoms with Gasteiger partial charge in [0.2, 0.25) is 10.0 Å². The second-order valence-electron chi connectivity index (χ2n) is 6.13. The summed E-state index contributed by atoms with van der Waals surface area (Å²) in [6.07, 6.45) is 0.607. The summed E-state index contributed by atoms with van der Waals surface area (Å²) in [4.78, 5) is 12.6. The fraction of sp³-hybridized carbons (Fsp3) is 0.278. The van der Waals surface area contributed by atoms with E-state index in [0.29, 0.717) is 11.4 Å². The Kier molecular flexibility index (Phi) is 6.69. The van der Waals surface area contributed by atoms with E-state index in [1.807, 2.05) is 19.1 Å². The summed E-state index contributed by atoms with van der Waals surface area (Å²) >= 11 is 12.0. The molecular formula is C18H20Cl2N2O3S. The maximum absolute atomic E-state index is 12.5. The fourth-order valence-corrected chi connectivity index (χ4v) is 3.63. The van der Waals surface area contributed by atoms with Gasteiger partial charge in [0.25, 0.3) is 5.91 Å². The first kappa shape index (κ1) is 20.7. The van der Waals surface area contributed by atoms with Crippen LogP contribution in [0, 0.1) is 0 Å². The van der Waals surface area contributed by atoms with Crippen LogP contribution < -0.4 is 5.32 Å². The highest BCUT2D eigenvalue weighted by Crippen LogP contribution is 2.22. The average Bonchev–Trinajstić information content (AvgIpc) is 2.56. The van der Waals surface area contributed by atoms with Crippen molar-refractivity contribution in [1.82, 2.24) is 9.62 Å². The van der Waals surface area contributed by atoms with Crippen LogP contribution in [0.2, 0.25) is 10.0 Å². The summed E-state index contributed by atoms with van der Waals surface area (Å²) in [5.74, 6) is -0.424. The second kappa shape index (κ2) is 8.39. The molecule has 140 valence electrons. The standard InChI is InChI=1S/C18H20Cl2N2O3S/c1-12(10-13-4-6-14(19)7-5-13)21-18(23)16-11-15(8-9-17(16)20)26(24,25)22(2)3/h4-9,11-12H,10H2,1-3H3,(H,21,23)/t12-/m0/s1. The van der Waals surface area contributed by atoms with Crippen LogP contribution in [0.1, 0.15) is 22.8 Å². The largest absolute Gasteiger partial charge is 0.349 e. The molecular weight excluding hydrogens is 395 g/mol. The summed E-state index contributed by atoms with van der Waals surface area (Å²) in [5, 5.41) is 3.69. The van der Waals surface area contributed by atoms with Crippen molar-refractivity contribution in [3.05, 3.63) is 63.6 Å².